The van der Waals surface area contributed by atoms with Gasteiger partial charge in [-0.25, -0.2) is 4.79 Å². The summed E-state index contributed by atoms with van der Waals surface area (Å²) in [4.78, 5) is 11.6. The minimum Gasteiger partial charge on any atom is -0.445 e. The summed E-state index contributed by atoms with van der Waals surface area (Å²) in [6, 6.07) is 7.48. The van der Waals surface area contributed by atoms with Crippen LogP contribution in [0.1, 0.15) is 5.56 Å². The lowest BCUT2D eigenvalue weighted by Crippen LogP contribution is -2.18. The first-order valence-corrected chi connectivity index (χ1v) is 4.30. The predicted molar refractivity (Wildman–Crippen MR) is 52.9 cm³/mol. The highest BCUT2D eigenvalue weighted by Gasteiger charge is 2.01. The van der Waals surface area contributed by atoms with E-state index < -0.39 is 6.09 Å². The molecule has 0 atom stereocenters. The summed E-state index contributed by atoms with van der Waals surface area (Å²) < 4.78 is 4.86. The zero-order valence-corrected chi connectivity index (χ0v) is 8.17. The second-order valence-corrected chi connectivity index (χ2v) is 2.94. The molecule has 70 valence electrons. The Balaban J connectivity index is 2.54. The van der Waals surface area contributed by atoms with Crippen molar-refractivity contribution in [2.24, 2.45) is 0 Å². The Morgan fingerprint density at radius 2 is 2.23 bits per heavy atom. The van der Waals surface area contributed by atoms with Crippen LogP contribution in [0, 0.1) is 0 Å². The summed E-state index contributed by atoms with van der Waals surface area (Å²) in [7, 11) is 1.52. The van der Waals surface area contributed by atoms with Crippen molar-refractivity contribution in [3.63, 3.8) is 0 Å². The molecule has 0 fully saturated rings. The van der Waals surface area contributed by atoms with Crippen molar-refractivity contribution in [3.05, 3.63) is 29.8 Å². The molecule has 1 N–H and O–H groups in total. The van der Waals surface area contributed by atoms with Crippen molar-refractivity contribution < 1.29 is 9.53 Å². The summed E-state index contributed by atoms with van der Waals surface area (Å²) in [5.41, 5.74) is 0.898. The first kappa shape index (κ1) is 9.92. The quantitative estimate of drug-likeness (QED) is 0.710. The van der Waals surface area contributed by atoms with Crippen LogP contribution in [-0.4, -0.2) is 13.1 Å². The first-order valence-electron chi connectivity index (χ1n) is 3.85. The number of nitrogens with one attached hydrogen (secondary N) is 1. The molecule has 4 heteroatoms. The van der Waals surface area contributed by atoms with E-state index in [1.54, 1.807) is 0 Å². The number of amides is 1. The van der Waals surface area contributed by atoms with Gasteiger partial charge in [-0.3, -0.25) is 0 Å². The molecule has 0 heterocycles. The normalized spacial score (nSPS) is 9.38. The smallest absolute Gasteiger partial charge is 0.407 e. The number of carbonyl (C=O) groups is 1. The molecule has 1 amide bonds. The van der Waals surface area contributed by atoms with Crippen molar-refractivity contribution in [1.29, 1.82) is 0 Å². The highest BCUT2D eigenvalue weighted by molar-refractivity contribution is 7.80. The lowest BCUT2D eigenvalue weighted by molar-refractivity contribution is 0.141. The molecule has 1 aromatic rings. The van der Waals surface area contributed by atoms with Crippen LogP contribution in [0.15, 0.2) is 29.2 Å². The molecule has 0 saturated heterocycles. The lowest BCUT2D eigenvalue weighted by atomic mass is 10.2. The number of benzene rings is 1. The SMILES string of the molecule is CNC(=O)OCc1ccccc1S. The van der Waals surface area contributed by atoms with E-state index in [1.807, 2.05) is 24.3 Å². The van der Waals surface area contributed by atoms with Crippen LogP contribution in [-0.2, 0) is 11.3 Å². The van der Waals surface area contributed by atoms with E-state index in [1.165, 1.54) is 7.05 Å². The van der Waals surface area contributed by atoms with E-state index in [-0.39, 0.29) is 6.61 Å². The van der Waals surface area contributed by atoms with Crippen LogP contribution in [0.4, 0.5) is 4.79 Å². The van der Waals surface area contributed by atoms with E-state index in [4.69, 9.17) is 4.74 Å². The maximum Gasteiger partial charge on any atom is 0.407 e. The van der Waals surface area contributed by atoms with Crippen molar-refractivity contribution in [3.8, 4) is 0 Å². The van der Waals surface area contributed by atoms with Gasteiger partial charge < -0.3 is 10.1 Å². The van der Waals surface area contributed by atoms with Crippen LogP contribution in [0.3, 0.4) is 0 Å². The Kier molecular flexibility index (Phi) is 3.64. The number of hydrogen-bond donors (Lipinski definition) is 2. The Morgan fingerprint density at radius 3 is 2.85 bits per heavy atom. The van der Waals surface area contributed by atoms with Gasteiger partial charge in [0.1, 0.15) is 6.61 Å². The first-order chi connectivity index (χ1) is 6.24. The molecule has 1 aromatic carbocycles. The maximum atomic E-state index is 10.7. The Labute approximate surface area is 82.5 Å². The van der Waals surface area contributed by atoms with E-state index in [0.29, 0.717) is 0 Å². The van der Waals surface area contributed by atoms with Gasteiger partial charge in [0.15, 0.2) is 0 Å². The Morgan fingerprint density at radius 1 is 1.54 bits per heavy atom. The van der Waals surface area contributed by atoms with Crippen LogP contribution < -0.4 is 5.32 Å². The topological polar surface area (TPSA) is 38.3 Å². The number of rotatable bonds is 2. The molecule has 0 aliphatic rings. The zero-order valence-electron chi connectivity index (χ0n) is 7.28. The summed E-state index contributed by atoms with van der Waals surface area (Å²) >= 11 is 4.22. The fraction of sp³-hybridized carbons (Fsp3) is 0.222. The van der Waals surface area contributed by atoms with Crippen LogP contribution in [0.25, 0.3) is 0 Å². The molecule has 3 nitrogen and oxygen atoms in total. The molecule has 0 aromatic heterocycles. The molecular formula is C9H11NO2S. The van der Waals surface area contributed by atoms with E-state index in [2.05, 4.69) is 17.9 Å². The number of carbonyl (C=O) groups excluding carboxylic acids is 1. The molecule has 0 radical (unpaired) electrons. The van der Waals surface area contributed by atoms with Crippen molar-refractivity contribution in [1.82, 2.24) is 5.32 Å². The minimum atomic E-state index is -0.434. The lowest BCUT2D eigenvalue weighted by Gasteiger charge is -2.05. The average molecular weight is 197 g/mol. The third kappa shape index (κ3) is 2.99. The number of thiol groups is 1. The second-order valence-electron chi connectivity index (χ2n) is 2.45. The summed E-state index contributed by atoms with van der Waals surface area (Å²) in [5.74, 6) is 0. The Bertz CT molecular complexity index is 301. The molecule has 0 aliphatic heterocycles. The van der Waals surface area contributed by atoms with E-state index in [9.17, 15) is 4.79 Å². The molecule has 1 rings (SSSR count). The zero-order chi connectivity index (χ0) is 9.68. The van der Waals surface area contributed by atoms with Gasteiger partial charge >= 0.3 is 6.09 Å². The van der Waals surface area contributed by atoms with Crippen molar-refractivity contribution in [2.45, 2.75) is 11.5 Å². The van der Waals surface area contributed by atoms with Crippen LogP contribution in [0.2, 0.25) is 0 Å². The van der Waals surface area contributed by atoms with Crippen LogP contribution >= 0.6 is 12.6 Å². The number of ether oxygens (including phenoxy) is 1. The predicted octanol–water partition coefficient (Wildman–Crippen LogP) is 1.83. The summed E-state index contributed by atoms with van der Waals surface area (Å²) in [6.07, 6.45) is -0.434. The van der Waals surface area contributed by atoms with Gasteiger partial charge in [0.2, 0.25) is 0 Å². The number of hydrogen-bond acceptors (Lipinski definition) is 3. The third-order valence-electron chi connectivity index (χ3n) is 1.55. The largest absolute Gasteiger partial charge is 0.445 e. The van der Waals surface area contributed by atoms with Crippen molar-refractivity contribution >= 4 is 18.7 Å². The highest BCUT2D eigenvalue weighted by Crippen LogP contribution is 2.13. The molecule has 0 spiro atoms. The Hall–Kier alpha value is -1.16. The molecule has 0 unspecified atom stereocenters. The van der Waals surface area contributed by atoms with Gasteiger partial charge in [-0.05, 0) is 6.07 Å². The molecule has 13 heavy (non-hydrogen) atoms. The fourth-order valence-electron chi connectivity index (χ4n) is 0.848. The van der Waals surface area contributed by atoms with Crippen molar-refractivity contribution in [2.75, 3.05) is 7.05 Å². The molecular weight excluding hydrogens is 186 g/mol. The van der Waals surface area contributed by atoms with E-state index >= 15 is 0 Å². The van der Waals surface area contributed by atoms with Gasteiger partial charge in [-0.1, -0.05) is 18.2 Å². The second kappa shape index (κ2) is 4.77. The summed E-state index contributed by atoms with van der Waals surface area (Å²) in [6.45, 7) is 0.249. The molecule has 0 bridgehead atoms. The standard InChI is InChI=1S/C9H11NO2S/c1-10-9(11)12-6-7-4-2-3-5-8(7)13/h2-5,13H,6H2,1H3,(H,10,11). The molecule has 0 aliphatic carbocycles. The monoisotopic (exact) mass is 197 g/mol. The maximum absolute atomic E-state index is 10.7. The third-order valence-corrected chi connectivity index (χ3v) is 1.99. The van der Waals surface area contributed by atoms with Gasteiger partial charge in [-0.2, -0.15) is 0 Å². The van der Waals surface area contributed by atoms with Gasteiger partial charge in [0.05, 0.1) is 0 Å². The average Bonchev–Trinajstić information content (AvgIpc) is 2.16. The number of alkyl carbamates (subject to hydrolysis) is 1. The summed E-state index contributed by atoms with van der Waals surface area (Å²) in [5, 5.41) is 2.37. The van der Waals surface area contributed by atoms with E-state index in [0.717, 1.165) is 10.5 Å². The molecule has 0 saturated carbocycles. The highest BCUT2D eigenvalue weighted by atomic mass is 32.1. The van der Waals surface area contributed by atoms with Gasteiger partial charge in [0, 0.05) is 17.5 Å². The van der Waals surface area contributed by atoms with Crippen LogP contribution in [0.5, 0.6) is 0 Å². The van der Waals surface area contributed by atoms with Gasteiger partial charge in [0.25, 0.3) is 0 Å². The minimum absolute atomic E-state index is 0.249. The van der Waals surface area contributed by atoms with Gasteiger partial charge in [-0.15, -0.1) is 12.6 Å². The fourth-order valence-corrected chi connectivity index (χ4v) is 1.07.